The first-order chi connectivity index (χ1) is 7.29. The number of hydrogen-bond donors (Lipinski definition) is 0. The monoisotopic (exact) mass is 219 g/mol. The molecule has 0 aliphatic carbocycles. The van der Waals surface area contributed by atoms with E-state index in [1.54, 1.807) is 29.2 Å². The molecule has 0 fully saturated rings. The standard InChI is InChI=1S/C10H9N3OS/c1-13-6-9(5-12-13)15-10-8(7-14)3-2-4-11-10/h2-7H,1H3. The number of pyridine rings is 1. The molecule has 0 saturated heterocycles. The molecule has 0 radical (unpaired) electrons. The first-order valence-corrected chi connectivity index (χ1v) is 5.18. The Hall–Kier alpha value is -1.62. The Bertz CT molecular complexity index is 481. The fourth-order valence-corrected chi connectivity index (χ4v) is 2.02. The number of rotatable bonds is 3. The summed E-state index contributed by atoms with van der Waals surface area (Å²) >= 11 is 1.43. The maximum atomic E-state index is 10.7. The van der Waals surface area contributed by atoms with Gasteiger partial charge in [-0.05, 0) is 12.1 Å². The van der Waals surface area contributed by atoms with Gasteiger partial charge in [0.2, 0.25) is 0 Å². The number of carbonyl (C=O) groups is 1. The maximum Gasteiger partial charge on any atom is 0.152 e. The van der Waals surface area contributed by atoms with Gasteiger partial charge in [0.05, 0.1) is 11.1 Å². The van der Waals surface area contributed by atoms with E-state index in [4.69, 9.17) is 0 Å². The van der Waals surface area contributed by atoms with Crippen LogP contribution in [-0.2, 0) is 7.05 Å². The van der Waals surface area contributed by atoms with Crippen LogP contribution in [-0.4, -0.2) is 21.1 Å². The van der Waals surface area contributed by atoms with E-state index in [1.165, 1.54) is 11.8 Å². The number of aryl methyl sites for hydroxylation is 1. The Labute approximate surface area is 91.3 Å². The summed E-state index contributed by atoms with van der Waals surface area (Å²) < 4.78 is 1.71. The van der Waals surface area contributed by atoms with Crippen LogP contribution < -0.4 is 0 Å². The molecule has 76 valence electrons. The van der Waals surface area contributed by atoms with Crippen molar-refractivity contribution < 1.29 is 4.79 Å². The Balaban J connectivity index is 2.27. The van der Waals surface area contributed by atoms with Crippen LogP contribution in [0.2, 0.25) is 0 Å². The summed E-state index contributed by atoms with van der Waals surface area (Å²) in [6.45, 7) is 0. The van der Waals surface area contributed by atoms with Crippen LogP contribution in [0.5, 0.6) is 0 Å². The molecule has 2 rings (SSSR count). The SMILES string of the molecule is Cn1cc(Sc2ncccc2C=O)cn1. The molecule has 0 saturated carbocycles. The molecule has 4 nitrogen and oxygen atoms in total. The second-order valence-electron chi connectivity index (χ2n) is 2.97. The van der Waals surface area contributed by atoms with Gasteiger partial charge in [-0.15, -0.1) is 0 Å². The summed E-state index contributed by atoms with van der Waals surface area (Å²) in [5.74, 6) is 0. The largest absolute Gasteiger partial charge is 0.298 e. The lowest BCUT2D eigenvalue weighted by atomic mass is 10.3. The van der Waals surface area contributed by atoms with E-state index >= 15 is 0 Å². The fraction of sp³-hybridized carbons (Fsp3) is 0.100. The zero-order valence-electron chi connectivity index (χ0n) is 8.12. The van der Waals surface area contributed by atoms with Crippen molar-refractivity contribution in [3.8, 4) is 0 Å². The summed E-state index contributed by atoms with van der Waals surface area (Å²) in [6, 6.07) is 3.50. The summed E-state index contributed by atoms with van der Waals surface area (Å²) in [4.78, 5) is 15.9. The highest BCUT2D eigenvalue weighted by Gasteiger charge is 2.05. The number of aldehydes is 1. The van der Waals surface area contributed by atoms with Gasteiger partial charge in [0.15, 0.2) is 6.29 Å². The molecule has 5 heteroatoms. The number of aromatic nitrogens is 3. The Morgan fingerprint density at radius 1 is 1.53 bits per heavy atom. The highest BCUT2D eigenvalue weighted by Crippen LogP contribution is 2.26. The zero-order valence-corrected chi connectivity index (χ0v) is 8.94. The van der Waals surface area contributed by atoms with Crippen LogP contribution in [0.25, 0.3) is 0 Å². The third kappa shape index (κ3) is 2.24. The lowest BCUT2D eigenvalue weighted by Gasteiger charge is -1.99. The van der Waals surface area contributed by atoms with Gasteiger partial charge in [0.1, 0.15) is 5.03 Å². The molecule has 15 heavy (non-hydrogen) atoms. The van der Waals surface area contributed by atoms with Crippen molar-refractivity contribution in [1.29, 1.82) is 0 Å². The van der Waals surface area contributed by atoms with Crippen molar-refractivity contribution in [2.75, 3.05) is 0 Å². The average Bonchev–Trinajstić information content (AvgIpc) is 2.65. The van der Waals surface area contributed by atoms with Gasteiger partial charge in [-0.2, -0.15) is 5.10 Å². The van der Waals surface area contributed by atoms with Crippen LogP contribution in [0, 0.1) is 0 Å². The molecule has 0 aliphatic rings. The molecule has 0 bridgehead atoms. The van der Waals surface area contributed by atoms with Gasteiger partial charge in [-0.25, -0.2) is 4.98 Å². The lowest BCUT2D eigenvalue weighted by molar-refractivity contribution is 0.112. The molecule has 0 aromatic carbocycles. The number of nitrogens with zero attached hydrogens (tertiary/aromatic N) is 3. The predicted molar refractivity (Wildman–Crippen MR) is 57.0 cm³/mol. The molecular weight excluding hydrogens is 210 g/mol. The van der Waals surface area contributed by atoms with Crippen LogP contribution in [0.15, 0.2) is 40.6 Å². The highest BCUT2D eigenvalue weighted by atomic mass is 32.2. The van der Waals surface area contributed by atoms with E-state index in [-0.39, 0.29) is 0 Å². The number of carbonyl (C=O) groups excluding carboxylic acids is 1. The second-order valence-corrected chi connectivity index (χ2v) is 4.03. The minimum atomic E-state index is 0.603. The molecule has 0 unspecified atom stereocenters. The second kappa shape index (κ2) is 4.27. The first kappa shape index (κ1) is 9.92. The smallest absolute Gasteiger partial charge is 0.152 e. The molecule has 2 heterocycles. The minimum Gasteiger partial charge on any atom is -0.298 e. The fourth-order valence-electron chi connectivity index (χ4n) is 1.14. The lowest BCUT2D eigenvalue weighted by Crippen LogP contribution is -1.87. The third-order valence-corrected chi connectivity index (χ3v) is 2.80. The van der Waals surface area contributed by atoms with Gasteiger partial charge in [-0.1, -0.05) is 11.8 Å². The molecule has 2 aromatic rings. The Kier molecular flexibility index (Phi) is 2.82. The van der Waals surface area contributed by atoms with Crippen molar-refractivity contribution in [3.63, 3.8) is 0 Å². The normalized spacial score (nSPS) is 10.2. The molecule has 0 atom stereocenters. The molecule has 0 amide bonds. The number of hydrogen-bond acceptors (Lipinski definition) is 4. The van der Waals surface area contributed by atoms with Gasteiger partial charge < -0.3 is 0 Å². The van der Waals surface area contributed by atoms with Crippen molar-refractivity contribution >= 4 is 18.0 Å². The van der Waals surface area contributed by atoms with E-state index in [0.717, 1.165) is 11.2 Å². The quantitative estimate of drug-likeness (QED) is 0.738. The molecular formula is C10H9N3OS. The zero-order chi connectivity index (χ0) is 10.7. The first-order valence-electron chi connectivity index (χ1n) is 4.36. The maximum absolute atomic E-state index is 10.7. The van der Waals surface area contributed by atoms with E-state index in [0.29, 0.717) is 10.6 Å². The van der Waals surface area contributed by atoms with Crippen molar-refractivity contribution in [1.82, 2.24) is 14.8 Å². The molecule has 0 spiro atoms. The van der Waals surface area contributed by atoms with Crippen molar-refractivity contribution in [2.45, 2.75) is 9.92 Å². The van der Waals surface area contributed by atoms with Crippen molar-refractivity contribution in [2.24, 2.45) is 7.05 Å². The van der Waals surface area contributed by atoms with Gasteiger partial charge in [-0.3, -0.25) is 9.48 Å². The Morgan fingerprint density at radius 2 is 2.40 bits per heavy atom. The Morgan fingerprint density at radius 3 is 3.07 bits per heavy atom. The third-order valence-electron chi connectivity index (χ3n) is 1.82. The van der Waals surface area contributed by atoms with E-state index in [1.807, 2.05) is 13.2 Å². The molecule has 2 aromatic heterocycles. The van der Waals surface area contributed by atoms with Crippen LogP contribution >= 0.6 is 11.8 Å². The van der Waals surface area contributed by atoms with E-state index in [2.05, 4.69) is 10.1 Å². The van der Waals surface area contributed by atoms with Crippen molar-refractivity contribution in [3.05, 3.63) is 36.3 Å². The highest BCUT2D eigenvalue weighted by molar-refractivity contribution is 7.99. The molecule has 0 aliphatic heterocycles. The minimum absolute atomic E-state index is 0.603. The van der Waals surface area contributed by atoms with Crippen LogP contribution in [0.1, 0.15) is 10.4 Å². The van der Waals surface area contributed by atoms with Crippen LogP contribution in [0.3, 0.4) is 0 Å². The van der Waals surface area contributed by atoms with Gasteiger partial charge >= 0.3 is 0 Å². The van der Waals surface area contributed by atoms with E-state index < -0.39 is 0 Å². The van der Waals surface area contributed by atoms with Gasteiger partial charge in [0.25, 0.3) is 0 Å². The summed E-state index contributed by atoms with van der Waals surface area (Å²) in [5, 5.41) is 4.76. The topological polar surface area (TPSA) is 47.8 Å². The summed E-state index contributed by atoms with van der Waals surface area (Å²) in [6.07, 6.45) is 6.11. The average molecular weight is 219 g/mol. The summed E-state index contributed by atoms with van der Waals surface area (Å²) in [7, 11) is 1.85. The molecule has 0 N–H and O–H groups in total. The van der Waals surface area contributed by atoms with Crippen LogP contribution in [0.4, 0.5) is 0 Å². The van der Waals surface area contributed by atoms with Gasteiger partial charge in [0, 0.05) is 25.0 Å². The predicted octanol–water partition coefficient (Wildman–Crippen LogP) is 1.78. The summed E-state index contributed by atoms with van der Waals surface area (Å²) in [5.41, 5.74) is 0.603. The van der Waals surface area contributed by atoms with E-state index in [9.17, 15) is 4.79 Å².